The summed E-state index contributed by atoms with van der Waals surface area (Å²) in [7, 11) is 0. The van der Waals surface area contributed by atoms with Gasteiger partial charge in [0.15, 0.2) is 0 Å². The summed E-state index contributed by atoms with van der Waals surface area (Å²) in [5, 5.41) is 10.6. The number of aromatic amines is 1. The number of halogens is 2. The minimum Gasteiger partial charge on any atom is -0.347 e. The van der Waals surface area contributed by atoms with Crippen LogP contribution in [0.15, 0.2) is 64.8 Å². The van der Waals surface area contributed by atoms with Crippen LogP contribution in [-0.4, -0.2) is 32.3 Å². The number of pyridine rings is 1. The summed E-state index contributed by atoms with van der Waals surface area (Å²) in [4.78, 5) is 42.6. The van der Waals surface area contributed by atoms with Crippen molar-refractivity contribution in [1.29, 1.82) is 0 Å². The molecule has 0 unspecified atom stereocenters. The predicted molar refractivity (Wildman–Crippen MR) is 141 cm³/mol. The number of rotatable bonds is 7. The fourth-order valence-electron chi connectivity index (χ4n) is 3.38. The summed E-state index contributed by atoms with van der Waals surface area (Å²) < 4.78 is 1.32. The highest BCUT2D eigenvalue weighted by molar-refractivity contribution is 7.15. The van der Waals surface area contributed by atoms with Gasteiger partial charge in [0, 0.05) is 24.6 Å². The minimum absolute atomic E-state index is 0.290. The summed E-state index contributed by atoms with van der Waals surface area (Å²) in [6, 6.07) is 11.6. The zero-order valence-electron chi connectivity index (χ0n) is 19.1. The largest absolute Gasteiger partial charge is 0.347 e. The first-order valence-corrected chi connectivity index (χ1v) is 12.2. The van der Waals surface area contributed by atoms with Crippen molar-refractivity contribution >= 4 is 52.1 Å². The molecule has 0 aliphatic carbocycles. The van der Waals surface area contributed by atoms with Crippen molar-refractivity contribution in [2.45, 2.75) is 20.4 Å². The van der Waals surface area contributed by atoms with Crippen LogP contribution in [0.1, 0.15) is 43.1 Å². The number of hydrogen-bond acceptors (Lipinski definition) is 6. The van der Waals surface area contributed by atoms with Crippen LogP contribution in [0.3, 0.4) is 0 Å². The van der Waals surface area contributed by atoms with E-state index < -0.39 is 5.91 Å². The zero-order chi connectivity index (χ0) is 25.8. The third-order valence-electron chi connectivity index (χ3n) is 5.18. The van der Waals surface area contributed by atoms with Crippen LogP contribution >= 0.6 is 34.5 Å². The number of carbonyl (C=O) groups is 2. The molecule has 4 rings (SSSR count). The van der Waals surface area contributed by atoms with E-state index in [0.29, 0.717) is 49.0 Å². The fourth-order valence-corrected chi connectivity index (χ4v) is 4.48. The lowest BCUT2D eigenvalue weighted by molar-refractivity contribution is 0.0950. The van der Waals surface area contributed by atoms with Crippen LogP contribution < -0.4 is 16.3 Å². The van der Waals surface area contributed by atoms with Crippen LogP contribution in [0.4, 0.5) is 0 Å². The molecular weight excluding hydrogens is 523 g/mol. The maximum Gasteiger partial charge on any atom is 0.281 e. The molecule has 2 amide bonds. The molecule has 0 bridgehead atoms. The van der Waals surface area contributed by atoms with E-state index in [1.807, 2.05) is 0 Å². The molecule has 12 heteroatoms. The number of H-pyrrole nitrogens is 1. The molecule has 0 fully saturated rings. The number of thiophene rings is 1. The zero-order valence-corrected chi connectivity index (χ0v) is 21.5. The van der Waals surface area contributed by atoms with Crippen molar-refractivity contribution in [3.63, 3.8) is 0 Å². The number of amides is 2. The number of hydrazone groups is 1. The maximum atomic E-state index is 13.0. The Hall–Kier alpha value is -3.73. The second-order valence-corrected chi connectivity index (χ2v) is 9.59. The van der Waals surface area contributed by atoms with Crippen molar-refractivity contribution in [1.82, 2.24) is 25.5 Å². The van der Waals surface area contributed by atoms with Crippen molar-refractivity contribution in [3.05, 3.63) is 102 Å². The van der Waals surface area contributed by atoms with E-state index in [2.05, 4.69) is 25.9 Å². The van der Waals surface area contributed by atoms with Gasteiger partial charge in [0.05, 0.1) is 36.8 Å². The highest BCUT2D eigenvalue weighted by Crippen LogP contribution is 2.24. The second-order valence-electron chi connectivity index (χ2n) is 7.69. The summed E-state index contributed by atoms with van der Waals surface area (Å²) >= 11 is 13.1. The minimum atomic E-state index is -0.495. The summed E-state index contributed by atoms with van der Waals surface area (Å²) in [5.41, 5.74) is 4.70. The van der Waals surface area contributed by atoms with Gasteiger partial charge >= 0.3 is 0 Å². The molecule has 4 aromatic rings. The van der Waals surface area contributed by atoms with Crippen LogP contribution in [0.5, 0.6) is 0 Å². The van der Waals surface area contributed by atoms with Gasteiger partial charge in [-0.1, -0.05) is 23.2 Å². The van der Waals surface area contributed by atoms with E-state index in [4.69, 9.17) is 23.2 Å². The molecule has 0 aliphatic rings. The summed E-state index contributed by atoms with van der Waals surface area (Å²) in [6.07, 6.45) is 3.30. The van der Waals surface area contributed by atoms with E-state index in [1.165, 1.54) is 4.68 Å². The lowest BCUT2D eigenvalue weighted by Crippen LogP contribution is -2.23. The van der Waals surface area contributed by atoms with E-state index in [0.717, 1.165) is 16.9 Å². The van der Waals surface area contributed by atoms with Gasteiger partial charge in [0.2, 0.25) is 0 Å². The van der Waals surface area contributed by atoms with Crippen LogP contribution in [0, 0.1) is 6.92 Å². The Labute approximate surface area is 219 Å². The average molecular weight is 543 g/mol. The summed E-state index contributed by atoms with van der Waals surface area (Å²) in [5.74, 6) is -0.785. The number of aryl methyl sites for hydroxylation is 1. The molecule has 3 heterocycles. The first-order chi connectivity index (χ1) is 17.2. The molecule has 0 saturated carbocycles. The molecule has 0 spiro atoms. The van der Waals surface area contributed by atoms with E-state index in [1.54, 1.807) is 68.7 Å². The molecule has 1 aromatic carbocycles. The van der Waals surface area contributed by atoms with Gasteiger partial charge in [-0.3, -0.25) is 24.5 Å². The van der Waals surface area contributed by atoms with Crippen molar-refractivity contribution in [2.24, 2.45) is 5.10 Å². The quantitative estimate of drug-likeness (QED) is 0.238. The molecule has 0 atom stereocenters. The molecule has 0 radical (unpaired) electrons. The number of aromatic nitrogens is 3. The van der Waals surface area contributed by atoms with E-state index in [9.17, 15) is 14.4 Å². The predicted octanol–water partition coefficient (Wildman–Crippen LogP) is 4.32. The van der Waals surface area contributed by atoms with Gasteiger partial charge in [-0.2, -0.15) is 5.10 Å². The molecule has 3 aromatic heterocycles. The highest BCUT2D eigenvalue weighted by Gasteiger charge is 2.17. The van der Waals surface area contributed by atoms with E-state index >= 15 is 0 Å². The van der Waals surface area contributed by atoms with Crippen LogP contribution in [-0.2, 0) is 6.54 Å². The van der Waals surface area contributed by atoms with Crippen molar-refractivity contribution in [2.75, 3.05) is 0 Å². The number of nitrogens with zero attached hydrogens (tertiary/aromatic N) is 3. The van der Waals surface area contributed by atoms with Gasteiger partial charge in [-0.25, -0.2) is 10.1 Å². The Balaban J connectivity index is 1.44. The lowest BCUT2D eigenvalue weighted by atomic mass is 10.2. The van der Waals surface area contributed by atoms with Crippen molar-refractivity contribution < 1.29 is 9.59 Å². The Morgan fingerprint density at radius 3 is 2.44 bits per heavy atom. The summed E-state index contributed by atoms with van der Waals surface area (Å²) in [6.45, 7) is 3.69. The Bertz CT molecular complexity index is 1520. The third kappa shape index (κ3) is 5.56. The second kappa shape index (κ2) is 10.9. The van der Waals surface area contributed by atoms with Crippen LogP contribution in [0.25, 0.3) is 5.69 Å². The number of carbonyl (C=O) groups excluding carboxylic acids is 2. The first kappa shape index (κ1) is 25.4. The molecule has 0 saturated heterocycles. The van der Waals surface area contributed by atoms with E-state index in [-0.39, 0.29) is 11.5 Å². The van der Waals surface area contributed by atoms with Gasteiger partial charge in [0.1, 0.15) is 0 Å². The normalized spacial score (nSPS) is 11.4. The van der Waals surface area contributed by atoms with Gasteiger partial charge in [-0.15, -0.1) is 11.3 Å². The van der Waals surface area contributed by atoms with Gasteiger partial charge < -0.3 is 5.32 Å². The van der Waals surface area contributed by atoms with Gasteiger partial charge in [0.25, 0.3) is 17.4 Å². The molecule has 36 heavy (non-hydrogen) atoms. The SMILES string of the molecule is C/C(=N/NC(=O)c1ccc(C(=O)NCc2ccncc2)s1)c1c(C)[nH]n(-c2ccc(Cl)c(Cl)c2)c1=O. The molecule has 3 N–H and O–H groups in total. The lowest BCUT2D eigenvalue weighted by Gasteiger charge is -2.03. The number of hydrogen-bond donors (Lipinski definition) is 3. The molecule has 184 valence electrons. The molecule has 0 aliphatic heterocycles. The maximum absolute atomic E-state index is 13.0. The Kier molecular flexibility index (Phi) is 7.68. The first-order valence-electron chi connectivity index (χ1n) is 10.6. The Morgan fingerprint density at radius 1 is 1.06 bits per heavy atom. The molecule has 9 nitrogen and oxygen atoms in total. The number of nitrogens with one attached hydrogen (secondary N) is 3. The van der Waals surface area contributed by atoms with Gasteiger partial charge in [-0.05, 0) is 61.9 Å². The molecular formula is C24H20Cl2N6O3S. The standard InChI is InChI=1S/C24H20Cl2N6O3S/c1-13(21-14(2)31-32(24(21)35)16-3-4-17(25)18(26)11-16)29-30-23(34)20-6-5-19(36-20)22(33)28-12-15-7-9-27-10-8-15/h3-11,31H,12H2,1-2H3,(H,28,33)(H,30,34)/b29-13-. The smallest absolute Gasteiger partial charge is 0.281 e. The monoisotopic (exact) mass is 542 g/mol. The third-order valence-corrected chi connectivity index (χ3v) is 7.00. The average Bonchev–Trinajstić information content (AvgIpc) is 3.48. The Morgan fingerprint density at radius 2 is 1.75 bits per heavy atom. The van der Waals surface area contributed by atoms with Crippen molar-refractivity contribution in [3.8, 4) is 5.69 Å². The van der Waals surface area contributed by atoms with Crippen LogP contribution in [0.2, 0.25) is 10.0 Å². The fraction of sp³-hybridized carbons (Fsp3) is 0.125. The number of benzene rings is 1. The highest BCUT2D eigenvalue weighted by atomic mass is 35.5. The topological polar surface area (TPSA) is 121 Å².